The van der Waals surface area contributed by atoms with Gasteiger partial charge < -0.3 is 15.2 Å². The van der Waals surface area contributed by atoms with Gasteiger partial charge in [0, 0.05) is 6.54 Å². The van der Waals surface area contributed by atoms with Crippen LogP contribution in [0.5, 0.6) is 5.75 Å². The van der Waals surface area contributed by atoms with Gasteiger partial charge in [-0.25, -0.2) is 0 Å². The average molecular weight is 265 g/mol. The smallest absolute Gasteiger partial charge is 0.255 e. The van der Waals surface area contributed by atoms with E-state index in [2.05, 4.69) is 5.32 Å². The first kappa shape index (κ1) is 15.5. The summed E-state index contributed by atoms with van der Waals surface area (Å²) < 4.78 is 5.14. The van der Waals surface area contributed by atoms with Crippen molar-refractivity contribution in [1.82, 2.24) is 5.32 Å². The van der Waals surface area contributed by atoms with E-state index in [1.165, 1.54) is 7.11 Å². The van der Waals surface area contributed by atoms with Gasteiger partial charge in [-0.2, -0.15) is 0 Å². The van der Waals surface area contributed by atoms with Gasteiger partial charge in [-0.3, -0.25) is 4.79 Å². The summed E-state index contributed by atoms with van der Waals surface area (Å²) in [7, 11) is 1.53. The Kier molecular flexibility index (Phi) is 6.36. The molecule has 0 radical (unpaired) electrons. The first-order valence-electron chi connectivity index (χ1n) is 6.73. The molecule has 4 heteroatoms. The van der Waals surface area contributed by atoms with E-state index in [1.807, 2.05) is 19.9 Å². The monoisotopic (exact) mass is 265 g/mol. The van der Waals surface area contributed by atoms with E-state index in [9.17, 15) is 9.90 Å². The zero-order valence-corrected chi connectivity index (χ0v) is 11.8. The highest BCUT2D eigenvalue weighted by molar-refractivity contribution is 5.96. The number of nitrogens with one attached hydrogen (secondary N) is 1. The third-order valence-electron chi connectivity index (χ3n) is 3.42. The highest BCUT2D eigenvalue weighted by atomic mass is 16.5. The lowest BCUT2D eigenvalue weighted by atomic mass is 9.96. The summed E-state index contributed by atoms with van der Waals surface area (Å²) in [4.78, 5) is 12.0. The Morgan fingerprint density at radius 1 is 1.32 bits per heavy atom. The molecule has 0 spiro atoms. The molecule has 0 saturated heterocycles. The van der Waals surface area contributed by atoms with Crippen molar-refractivity contribution in [2.45, 2.75) is 32.8 Å². The lowest BCUT2D eigenvalue weighted by Crippen LogP contribution is -2.36. The third-order valence-corrected chi connectivity index (χ3v) is 3.42. The Labute approximate surface area is 114 Å². The SMILES string of the molecule is CCC(CC)C(O)CNC(=O)c1ccccc1OC. The average Bonchev–Trinajstić information content (AvgIpc) is 2.45. The van der Waals surface area contributed by atoms with Gasteiger partial charge in [0.05, 0.1) is 18.8 Å². The van der Waals surface area contributed by atoms with E-state index in [-0.39, 0.29) is 18.4 Å². The molecule has 106 valence electrons. The number of para-hydroxylation sites is 1. The van der Waals surface area contributed by atoms with Crippen LogP contribution in [0, 0.1) is 5.92 Å². The van der Waals surface area contributed by atoms with Gasteiger partial charge in [0.25, 0.3) is 5.91 Å². The number of hydrogen-bond donors (Lipinski definition) is 2. The zero-order chi connectivity index (χ0) is 14.3. The maximum absolute atomic E-state index is 12.0. The van der Waals surface area contributed by atoms with Crippen LogP contribution in [0.3, 0.4) is 0 Å². The molecule has 2 N–H and O–H groups in total. The van der Waals surface area contributed by atoms with E-state index in [0.717, 1.165) is 12.8 Å². The van der Waals surface area contributed by atoms with Crippen LogP contribution in [0.4, 0.5) is 0 Å². The molecule has 19 heavy (non-hydrogen) atoms. The van der Waals surface area contributed by atoms with Crippen molar-refractivity contribution >= 4 is 5.91 Å². The minimum Gasteiger partial charge on any atom is -0.496 e. The van der Waals surface area contributed by atoms with Gasteiger partial charge in [0.1, 0.15) is 5.75 Å². The minimum absolute atomic E-state index is 0.220. The van der Waals surface area contributed by atoms with Crippen molar-refractivity contribution in [1.29, 1.82) is 0 Å². The Hall–Kier alpha value is -1.55. The highest BCUT2D eigenvalue weighted by Crippen LogP contribution is 2.17. The normalized spacial score (nSPS) is 12.3. The molecule has 1 amide bonds. The van der Waals surface area contributed by atoms with Crippen molar-refractivity contribution in [2.24, 2.45) is 5.92 Å². The molecule has 1 aromatic rings. The topological polar surface area (TPSA) is 58.6 Å². The predicted octanol–water partition coefficient (Wildman–Crippen LogP) is 2.22. The molecule has 0 bridgehead atoms. The maximum Gasteiger partial charge on any atom is 0.255 e. The molecule has 0 aliphatic rings. The quantitative estimate of drug-likeness (QED) is 0.794. The molecule has 1 aromatic carbocycles. The lowest BCUT2D eigenvalue weighted by Gasteiger charge is -2.20. The molecule has 4 nitrogen and oxygen atoms in total. The molecule has 0 aliphatic heterocycles. The van der Waals surface area contributed by atoms with E-state index in [0.29, 0.717) is 11.3 Å². The number of amides is 1. The summed E-state index contributed by atoms with van der Waals surface area (Å²) in [6, 6.07) is 7.05. The second-order valence-electron chi connectivity index (χ2n) is 4.55. The van der Waals surface area contributed by atoms with Crippen molar-refractivity contribution in [3.63, 3.8) is 0 Å². The molecule has 0 saturated carbocycles. The Morgan fingerprint density at radius 2 is 1.95 bits per heavy atom. The fourth-order valence-corrected chi connectivity index (χ4v) is 2.12. The van der Waals surface area contributed by atoms with Crippen LogP contribution in [0.15, 0.2) is 24.3 Å². The first-order chi connectivity index (χ1) is 9.13. The summed E-state index contributed by atoms with van der Waals surface area (Å²) in [5, 5.41) is 12.7. The van der Waals surface area contributed by atoms with Crippen LogP contribution >= 0.6 is 0 Å². The van der Waals surface area contributed by atoms with Gasteiger partial charge in [-0.1, -0.05) is 38.8 Å². The molecule has 0 aliphatic carbocycles. The molecular weight excluding hydrogens is 242 g/mol. The van der Waals surface area contributed by atoms with Crippen molar-refractivity contribution < 1.29 is 14.6 Å². The number of benzene rings is 1. The largest absolute Gasteiger partial charge is 0.496 e. The molecule has 0 fully saturated rings. The van der Waals surface area contributed by atoms with Crippen LogP contribution in [0.25, 0.3) is 0 Å². The number of rotatable bonds is 7. The van der Waals surface area contributed by atoms with Crippen LogP contribution in [0.2, 0.25) is 0 Å². The summed E-state index contributed by atoms with van der Waals surface area (Å²) >= 11 is 0. The molecule has 1 atom stereocenters. The molecular formula is C15H23NO3. The fraction of sp³-hybridized carbons (Fsp3) is 0.533. The fourth-order valence-electron chi connectivity index (χ4n) is 2.12. The van der Waals surface area contributed by atoms with Crippen LogP contribution in [-0.2, 0) is 0 Å². The Bertz CT molecular complexity index is 402. The number of methoxy groups -OCH3 is 1. The van der Waals surface area contributed by atoms with Crippen molar-refractivity contribution in [3.05, 3.63) is 29.8 Å². The van der Waals surface area contributed by atoms with Gasteiger partial charge in [0.2, 0.25) is 0 Å². The van der Waals surface area contributed by atoms with Gasteiger partial charge in [-0.15, -0.1) is 0 Å². The number of carbonyl (C=O) groups excluding carboxylic acids is 1. The molecule has 1 unspecified atom stereocenters. The summed E-state index contributed by atoms with van der Waals surface area (Å²) in [5.41, 5.74) is 0.488. The Balaban J connectivity index is 2.60. The number of aliphatic hydroxyl groups is 1. The summed E-state index contributed by atoms with van der Waals surface area (Å²) in [6.07, 6.45) is 1.30. The van der Waals surface area contributed by atoms with E-state index in [4.69, 9.17) is 4.74 Å². The number of hydrogen-bond acceptors (Lipinski definition) is 3. The summed E-state index contributed by atoms with van der Waals surface area (Å²) in [6.45, 7) is 4.35. The number of aliphatic hydroxyl groups excluding tert-OH is 1. The minimum atomic E-state index is -0.506. The molecule has 0 heterocycles. The van der Waals surface area contributed by atoms with E-state index < -0.39 is 6.10 Å². The predicted molar refractivity (Wildman–Crippen MR) is 75.4 cm³/mol. The molecule has 1 rings (SSSR count). The van der Waals surface area contributed by atoms with Crippen LogP contribution in [-0.4, -0.2) is 30.8 Å². The van der Waals surface area contributed by atoms with Gasteiger partial charge in [-0.05, 0) is 18.1 Å². The zero-order valence-electron chi connectivity index (χ0n) is 11.8. The first-order valence-corrected chi connectivity index (χ1v) is 6.73. The standard InChI is InChI=1S/C15H23NO3/c1-4-11(5-2)13(17)10-16-15(18)12-8-6-7-9-14(12)19-3/h6-9,11,13,17H,4-5,10H2,1-3H3,(H,16,18). The molecule has 0 aromatic heterocycles. The van der Waals surface area contributed by atoms with Crippen molar-refractivity contribution in [2.75, 3.05) is 13.7 Å². The van der Waals surface area contributed by atoms with E-state index in [1.54, 1.807) is 18.2 Å². The second kappa shape index (κ2) is 7.79. The summed E-state index contributed by atoms with van der Waals surface area (Å²) in [5.74, 6) is 0.539. The van der Waals surface area contributed by atoms with Crippen LogP contribution in [0.1, 0.15) is 37.0 Å². The Morgan fingerprint density at radius 3 is 2.53 bits per heavy atom. The van der Waals surface area contributed by atoms with Gasteiger partial charge >= 0.3 is 0 Å². The van der Waals surface area contributed by atoms with Crippen molar-refractivity contribution in [3.8, 4) is 5.75 Å². The van der Waals surface area contributed by atoms with Gasteiger partial charge in [0.15, 0.2) is 0 Å². The number of carbonyl (C=O) groups is 1. The third kappa shape index (κ3) is 4.24. The maximum atomic E-state index is 12.0. The van der Waals surface area contributed by atoms with E-state index >= 15 is 0 Å². The second-order valence-corrected chi connectivity index (χ2v) is 4.55. The van der Waals surface area contributed by atoms with Crippen LogP contribution < -0.4 is 10.1 Å². The highest BCUT2D eigenvalue weighted by Gasteiger charge is 2.17. The lowest BCUT2D eigenvalue weighted by molar-refractivity contribution is 0.0814. The number of ether oxygens (including phenoxy) is 1.